The van der Waals surface area contributed by atoms with Gasteiger partial charge in [0, 0.05) is 54.5 Å². The average Bonchev–Trinajstić information content (AvgIpc) is 3.31. The Morgan fingerprint density at radius 3 is 2.77 bits per heavy atom. The van der Waals surface area contributed by atoms with Gasteiger partial charge < -0.3 is 20.4 Å². The molecule has 210 valence electrons. The summed E-state index contributed by atoms with van der Waals surface area (Å²) >= 11 is 0. The molecule has 6 rings (SSSR count). The molecule has 40 heavy (non-hydrogen) atoms. The molecule has 0 spiro atoms. The number of benzene rings is 1. The van der Waals surface area contributed by atoms with Crippen LogP contribution in [-0.4, -0.2) is 57.7 Å². The van der Waals surface area contributed by atoms with Gasteiger partial charge in [0.15, 0.2) is 0 Å². The predicted octanol–water partition coefficient (Wildman–Crippen LogP) is 4.50. The van der Waals surface area contributed by atoms with Crippen molar-refractivity contribution in [2.75, 3.05) is 26.3 Å². The molecule has 0 unspecified atom stereocenters. The van der Waals surface area contributed by atoms with Crippen LogP contribution in [0, 0.1) is 0 Å². The third-order valence-corrected chi connectivity index (χ3v) is 8.50. The zero-order valence-electron chi connectivity index (χ0n) is 23.2. The minimum atomic E-state index is 0.0366. The van der Waals surface area contributed by atoms with Crippen molar-refractivity contribution in [1.82, 2.24) is 24.8 Å². The number of aryl methyl sites for hydroxylation is 1. The van der Waals surface area contributed by atoms with Crippen molar-refractivity contribution < 1.29 is 9.53 Å². The molecule has 4 heterocycles. The summed E-state index contributed by atoms with van der Waals surface area (Å²) in [5, 5.41) is 5.55. The van der Waals surface area contributed by atoms with Crippen LogP contribution in [0.3, 0.4) is 0 Å². The summed E-state index contributed by atoms with van der Waals surface area (Å²) in [4.78, 5) is 25.7. The van der Waals surface area contributed by atoms with Gasteiger partial charge in [-0.25, -0.2) is 0 Å². The van der Waals surface area contributed by atoms with Gasteiger partial charge in [-0.2, -0.15) is 0 Å². The second-order valence-electron chi connectivity index (χ2n) is 11.1. The maximum Gasteiger partial charge on any atom is 0.240 e. The Labute approximate surface area is 235 Å². The third-order valence-electron chi connectivity index (χ3n) is 8.50. The van der Waals surface area contributed by atoms with Gasteiger partial charge >= 0.3 is 0 Å². The molecule has 1 aliphatic carbocycles. The zero-order valence-corrected chi connectivity index (χ0v) is 23.2. The lowest BCUT2D eigenvalue weighted by molar-refractivity contribution is -0.122. The van der Waals surface area contributed by atoms with E-state index in [1.807, 2.05) is 24.5 Å². The van der Waals surface area contributed by atoms with Crippen LogP contribution in [0.1, 0.15) is 61.5 Å². The quantitative estimate of drug-likeness (QED) is 0.288. The molecular formula is C32H40N6O2. The van der Waals surface area contributed by atoms with Crippen molar-refractivity contribution in [1.29, 1.82) is 0 Å². The number of rotatable bonds is 10. The number of para-hydroxylation sites is 1. The first kappa shape index (κ1) is 26.9. The molecule has 1 atom stereocenters. The summed E-state index contributed by atoms with van der Waals surface area (Å²) in [6.07, 6.45) is 10.9. The lowest BCUT2D eigenvalue weighted by Gasteiger charge is -2.35. The van der Waals surface area contributed by atoms with Crippen LogP contribution in [0.5, 0.6) is 0 Å². The fourth-order valence-electron chi connectivity index (χ4n) is 6.55. The average molecular weight is 541 g/mol. The number of pyridine rings is 2. The maximum atomic E-state index is 13.3. The largest absolute Gasteiger partial charge is 0.381 e. The fraction of sp³-hybridized carbons (Fsp3) is 0.469. The summed E-state index contributed by atoms with van der Waals surface area (Å²) in [5.41, 5.74) is 11.5. The number of nitrogens with two attached hydrogens (primary N) is 1. The summed E-state index contributed by atoms with van der Waals surface area (Å²) in [6.45, 7) is 3.99. The van der Waals surface area contributed by atoms with Gasteiger partial charge in [-0.1, -0.05) is 24.3 Å². The van der Waals surface area contributed by atoms with Crippen molar-refractivity contribution in [3.63, 3.8) is 0 Å². The maximum absolute atomic E-state index is 13.3. The Hall–Kier alpha value is -3.33. The van der Waals surface area contributed by atoms with Crippen LogP contribution >= 0.6 is 0 Å². The molecule has 3 aromatic heterocycles. The van der Waals surface area contributed by atoms with Gasteiger partial charge in [0.2, 0.25) is 5.91 Å². The number of amides is 1. The van der Waals surface area contributed by atoms with E-state index in [1.54, 1.807) is 0 Å². The van der Waals surface area contributed by atoms with Crippen molar-refractivity contribution in [2.45, 2.75) is 70.1 Å². The van der Waals surface area contributed by atoms with Gasteiger partial charge in [0.25, 0.3) is 0 Å². The van der Waals surface area contributed by atoms with Crippen LogP contribution in [0.2, 0.25) is 0 Å². The SMILES string of the molecule is NCCCCN(Cc1nccc2c3ccccc3n(CC(=O)NC3CCOCC3)c12)[C@H]1CCCc2cccnc21. The highest BCUT2D eigenvalue weighted by Gasteiger charge is 2.28. The number of nitrogens with one attached hydrogen (secondary N) is 1. The van der Waals surface area contributed by atoms with E-state index in [0.29, 0.717) is 26.3 Å². The number of carbonyl (C=O) groups excluding carboxylic acids is 1. The second-order valence-corrected chi connectivity index (χ2v) is 11.1. The molecule has 0 bridgehead atoms. The van der Waals surface area contributed by atoms with E-state index < -0.39 is 0 Å². The number of fused-ring (bicyclic) bond motifs is 4. The smallest absolute Gasteiger partial charge is 0.240 e. The van der Waals surface area contributed by atoms with E-state index in [1.165, 1.54) is 11.3 Å². The van der Waals surface area contributed by atoms with Crippen molar-refractivity contribution in [2.24, 2.45) is 5.73 Å². The molecule has 0 saturated carbocycles. The van der Waals surface area contributed by atoms with E-state index in [9.17, 15) is 4.79 Å². The standard InChI is InChI=1S/C32H40N6O2/c33-15-3-4-18-37(29-11-5-7-23-8-6-16-35-31(23)29)21-27-32-26(12-17-34-27)25-9-1-2-10-28(25)38(32)22-30(39)36-24-13-19-40-20-14-24/h1-2,6,8-10,12,16-17,24,29H,3-5,7,11,13-15,18-22,33H2,(H,36,39)/t29-/m0/s1. The highest BCUT2D eigenvalue weighted by atomic mass is 16.5. The first-order valence-corrected chi connectivity index (χ1v) is 14.8. The van der Waals surface area contributed by atoms with Gasteiger partial charge in [0.1, 0.15) is 6.54 Å². The molecule has 8 nitrogen and oxygen atoms in total. The van der Waals surface area contributed by atoms with Crippen LogP contribution < -0.4 is 11.1 Å². The predicted molar refractivity (Wildman–Crippen MR) is 158 cm³/mol. The number of aromatic nitrogens is 3. The number of hydrogen-bond donors (Lipinski definition) is 2. The van der Waals surface area contributed by atoms with Crippen LogP contribution in [0.4, 0.5) is 0 Å². The number of hydrogen-bond acceptors (Lipinski definition) is 6. The zero-order chi connectivity index (χ0) is 27.3. The monoisotopic (exact) mass is 540 g/mol. The Morgan fingerprint density at radius 1 is 1.02 bits per heavy atom. The van der Waals surface area contributed by atoms with E-state index in [2.05, 4.69) is 45.1 Å². The molecule has 1 fully saturated rings. The van der Waals surface area contributed by atoms with E-state index in [0.717, 1.165) is 79.0 Å². The molecule has 4 aromatic rings. The highest BCUT2D eigenvalue weighted by Crippen LogP contribution is 2.36. The van der Waals surface area contributed by atoms with E-state index >= 15 is 0 Å². The van der Waals surface area contributed by atoms with Crippen LogP contribution in [0.15, 0.2) is 54.9 Å². The van der Waals surface area contributed by atoms with Crippen molar-refractivity contribution in [3.8, 4) is 0 Å². The normalized spacial score (nSPS) is 17.9. The first-order chi connectivity index (χ1) is 19.7. The molecule has 8 heteroatoms. The number of carbonyl (C=O) groups is 1. The number of nitrogens with zero attached hydrogens (tertiary/aromatic N) is 4. The minimum absolute atomic E-state index is 0.0366. The fourth-order valence-corrected chi connectivity index (χ4v) is 6.55. The molecule has 0 radical (unpaired) electrons. The van der Waals surface area contributed by atoms with Crippen LogP contribution in [0.25, 0.3) is 21.8 Å². The van der Waals surface area contributed by atoms with Gasteiger partial charge in [-0.3, -0.25) is 19.7 Å². The van der Waals surface area contributed by atoms with Gasteiger partial charge in [-0.15, -0.1) is 0 Å². The Balaban J connectivity index is 1.37. The number of ether oxygens (including phenoxy) is 1. The van der Waals surface area contributed by atoms with E-state index in [-0.39, 0.29) is 24.5 Å². The second kappa shape index (κ2) is 12.5. The lowest BCUT2D eigenvalue weighted by atomic mass is 9.90. The minimum Gasteiger partial charge on any atom is -0.381 e. The van der Waals surface area contributed by atoms with E-state index in [4.69, 9.17) is 20.4 Å². The molecule has 1 amide bonds. The van der Waals surface area contributed by atoms with Crippen molar-refractivity contribution in [3.05, 3.63) is 71.8 Å². The summed E-state index contributed by atoms with van der Waals surface area (Å²) < 4.78 is 7.65. The van der Waals surface area contributed by atoms with Gasteiger partial charge in [0.05, 0.1) is 22.9 Å². The first-order valence-electron chi connectivity index (χ1n) is 14.8. The Morgan fingerprint density at radius 2 is 1.90 bits per heavy atom. The Kier molecular flexibility index (Phi) is 8.37. The highest BCUT2D eigenvalue weighted by molar-refractivity contribution is 6.09. The van der Waals surface area contributed by atoms with Crippen molar-refractivity contribution >= 4 is 27.7 Å². The lowest BCUT2D eigenvalue weighted by Crippen LogP contribution is -2.40. The Bertz CT molecular complexity index is 1460. The molecule has 1 aliphatic heterocycles. The molecule has 1 aromatic carbocycles. The van der Waals surface area contributed by atoms with Gasteiger partial charge in [-0.05, 0) is 81.8 Å². The summed E-state index contributed by atoms with van der Waals surface area (Å²) in [7, 11) is 0. The molecule has 1 saturated heterocycles. The summed E-state index contributed by atoms with van der Waals surface area (Å²) in [5.74, 6) is 0.0366. The topological polar surface area (TPSA) is 98.3 Å². The molecule has 3 N–H and O–H groups in total. The number of unbranched alkanes of at least 4 members (excludes halogenated alkanes) is 1. The van der Waals surface area contributed by atoms with Crippen LogP contribution in [-0.2, 0) is 29.0 Å². The third kappa shape index (κ3) is 5.61. The molecular weight excluding hydrogens is 500 g/mol. The summed E-state index contributed by atoms with van der Waals surface area (Å²) in [6, 6.07) is 15.1. The molecule has 2 aliphatic rings.